The third kappa shape index (κ3) is 6.43. The zero-order valence-electron chi connectivity index (χ0n) is 23.6. The van der Waals surface area contributed by atoms with Crippen LogP contribution in [0.4, 0.5) is 0 Å². The Morgan fingerprint density at radius 1 is 0.703 bits per heavy atom. The summed E-state index contributed by atoms with van der Waals surface area (Å²) in [5.74, 6) is 0. The predicted octanol–water partition coefficient (Wildman–Crippen LogP) is 10.0. The van der Waals surface area contributed by atoms with Crippen molar-refractivity contribution in [2.24, 2.45) is 5.41 Å². The van der Waals surface area contributed by atoms with Gasteiger partial charge in [-0.05, 0) is 24.0 Å². The van der Waals surface area contributed by atoms with Crippen LogP contribution in [0.15, 0.2) is 110 Å². The maximum Gasteiger partial charge on any atom is -0.0238 e. The molecule has 0 heterocycles. The van der Waals surface area contributed by atoms with Crippen LogP contribution in [0, 0.1) is 5.41 Å². The van der Waals surface area contributed by atoms with E-state index in [9.17, 15) is 0 Å². The van der Waals surface area contributed by atoms with Crippen molar-refractivity contribution in [1.82, 2.24) is 0 Å². The number of hydrogen-bond acceptors (Lipinski definition) is 0. The third-order valence-corrected chi connectivity index (χ3v) is 18.4. The zero-order chi connectivity index (χ0) is 26.6. The van der Waals surface area contributed by atoms with Crippen LogP contribution in [0.25, 0.3) is 6.08 Å². The molecule has 0 saturated carbocycles. The van der Waals surface area contributed by atoms with Gasteiger partial charge in [0.15, 0.2) is 0 Å². The van der Waals surface area contributed by atoms with Crippen LogP contribution in [-0.4, -0.2) is 13.3 Å². The molecule has 2 aliphatic rings. The molecular formula is C35H41HfP. The summed E-state index contributed by atoms with van der Waals surface area (Å²) in [5.41, 5.74) is 11.0. The normalized spacial score (nSPS) is 17.9. The van der Waals surface area contributed by atoms with Gasteiger partial charge >= 0.3 is 155 Å². The molecule has 0 aliphatic heterocycles. The van der Waals surface area contributed by atoms with E-state index in [-0.39, 0.29) is 7.92 Å². The maximum absolute atomic E-state index is 2.52. The molecular weight excluding hydrogens is 630 g/mol. The maximum atomic E-state index is 2.52. The summed E-state index contributed by atoms with van der Waals surface area (Å²) < 4.78 is 2.62. The van der Waals surface area contributed by atoms with E-state index in [0.29, 0.717) is 5.41 Å². The first-order valence-corrected chi connectivity index (χ1v) is 19.5. The Bertz CT molecular complexity index is 1270. The average molecular weight is 671 g/mol. The second-order valence-corrected chi connectivity index (χ2v) is 18.2. The van der Waals surface area contributed by atoms with E-state index < -0.39 is 22.9 Å². The van der Waals surface area contributed by atoms with Gasteiger partial charge in [0.2, 0.25) is 0 Å². The van der Waals surface area contributed by atoms with Gasteiger partial charge in [-0.2, -0.15) is 0 Å². The van der Waals surface area contributed by atoms with Gasteiger partial charge in [-0.25, -0.2) is 0 Å². The first-order chi connectivity index (χ1) is 17.7. The summed E-state index contributed by atoms with van der Waals surface area (Å²) in [5, 5.41) is 1.75. The van der Waals surface area contributed by atoms with Crippen molar-refractivity contribution < 1.29 is 22.9 Å². The zero-order valence-corrected chi connectivity index (χ0v) is 28.1. The van der Waals surface area contributed by atoms with Crippen molar-refractivity contribution in [2.45, 2.75) is 51.1 Å². The molecule has 1 unspecified atom stereocenters. The average Bonchev–Trinajstić information content (AvgIpc) is 3.35. The Balaban J connectivity index is 0.000000195. The monoisotopic (exact) mass is 672 g/mol. The van der Waals surface area contributed by atoms with Gasteiger partial charge in [0.25, 0.3) is 0 Å². The van der Waals surface area contributed by atoms with E-state index in [2.05, 4.69) is 139 Å². The third-order valence-electron chi connectivity index (χ3n) is 8.16. The van der Waals surface area contributed by atoms with E-state index in [0.717, 1.165) is 16.5 Å². The summed E-state index contributed by atoms with van der Waals surface area (Å²) in [6, 6.07) is 30.4. The molecule has 1 atom stereocenters. The second kappa shape index (κ2) is 12.4. The fourth-order valence-electron chi connectivity index (χ4n) is 5.45. The predicted molar refractivity (Wildman–Crippen MR) is 161 cm³/mol. The van der Waals surface area contributed by atoms with Crippen LogP contribution in [0.3, 0.4) is 0 Å². The second-order valence-electron chi connectivity index (χ2n) is 11.0. The van der Waals surface area contributed by atoms with Gasteiger partial charge in [0.1, 0.15) is 0 Å². The SMILES string of the molecule is CC1=C(C)C(C)(C)[C]([Hf][CH]2C(P(C)C)=Cc3ccccc32)=C1C.c1ccc(CCc2ccccc2)cc1. The number of hydrogen-bond donors (Lipinski definition) is 0. The van der Waals surface area contributed by atoms with Crippen molar-refractivity contribution in [3.63, 3.8) is 0 Å². The Kier molecular flexibility index (Phi) is 9.42. The van der Waals surface area contributed by atoms with Crippen LogP contribution < -0.4 is 0 Å². The molecule has 3 aromatic rings. The molecule has 2 heteroatoms. The summed E-state index contributed by atoms with van der Waals surface area (Å²) in [6.07, 6.45) is 4.78. The number of benzene rings is 3. The number of allylic oxidation sites excluding steroid dienone is 5. The van der Waals surface area contributed by atoms with Crippen LogP contribution in [0.5, 0.6) is 0 Å². The summed E-state index contributed by atoms with van der Waals surface area (Å²) in [6.45, 7) is 16.8. The van der Waals surface area contributed by atoms with Gasteiger partial charge in [0.05, 0.1) is 0 Å². The fraction of sp³-hybridized carbons (Fsp3) is 0.314. The van der Waals surface area contributed by atoms with E-state index in [1.54, 1.807) is 27.6 Å². The first-order valence-electron chi connectivity index (χ1n) is 13.4. The minimum atomic E-state index is -0.981. The quantitative estimate of drug-likeness (QED) is 0.181. The van der Waals surface area contributed by atoms with Crippen molar-refractivity contribution >= 4 is 14.0 Å². The Morgan fingerprint density at radius 2 is 1.22 bits per heavy atom. The smallest absolute Gasteiger partial charge is 0.0238 e. The van der Waals surface area contributed by atoms with Crippen molar-refractivity contribution in [3.8, 4) is 0 Å². The minimum Gasteiger partial charge on any atom is -0.0622 e. The molecule has 190 valence electrons. The van der Waals surface area contributed by atoms with E-state index in [1.807, 2.05) is 3.33 Å². The Labute approximate surface area is 238 Å². The Hall–Kier alpha value is -1.82. The molecule has 0 amide bonds. The van der Waals surface area contributed by atoms with Crippen LogP contribution in [-0.2, 0) is 35.7 Å². The standard InChI is InChI=1S/C14H14.C11H12P.C10H15.Hf/c1-3-7-13(8-4-1)11-12-14-9-5-2-6-10-14;1-12(2)11-7-9-5-3-4-6-10(9)8-11;1-7-6-10(4,5)9(3)8(7)2;/h1-10H,11-12H2;3-8H,1-2H3;1-5H3;. The van der Waals surface area contributed by atoms with E-state index in [4.69, 9.17) is 0 Å². The number of fused-ring (bicyclic) bond motifs is 1. The van der Waals surface area contributed by atoms with Crippen LogP contribution in [0.2, 0.25) is 0 Å². The molecule has 37 heavy (non-hydrogen) atoms. The molecule has 3 aromatic carbocycles. The molecule has 0 radical (unpaired) electrons. The number of rotatable bonds is 6. The van der Waals surface area contributed by atoms with Gasteiger partial charge in [-0.15, -0.1) is 0 Å². The van der Waals surface area contributed by atoms with E-state index >= 15 is 0 Å². The largest absolute Gasteiger partial charge is 0.0622 e. The fourth-order valence-corrected chi connectivity index (χ4v) is 16.6. The number of aryl methyl sites for hydroxylation is 2. The molecule has 0 fully saturated rings. The van der Waals surface area contributed by atoms with Gasteiger partial charge < -0.3 is 0 Å². The molecule has 0 bridgehead atoms. The van der Waals surface area contributed by atoms with Gasteiger partial charge in [-0.3, -0.25) is 0 Å². The minimum absolute atomic E-state index is 0.00119. The van der Waals surface area contributed by atoms with Gasteiger partial charge in [0, 0.05) is 0 Å². The molecule has 0 nitrogen and oxygen atoms in total. The molecule has 0 saturated heterocycles. The molecule has 0 spiro atoms. The first kappa shape index (κ1) is 28.2. The van der Waals surface area contributed by atoms with Crippen molar-refractivity contribution in [1.29, 1.82) is 0 Å². The topological polar surface area (TPSA) is 0 Å². The summed E-state index contributed by atoms with van der Waals surface area (Å²) in [7, 11) is -0.00119. The molecule has 5 rings (SSSR count). The molecule has 0 N–H and O–H groups in total. The molecule has 0 aromatic heterocycles. The van der Waals surface area contributed by atoms with Crippen LogP contribution in [0.1, 0.15) is 60.5 Å². The van der Waals surface area contributed by atoms with Crippen molar-refractivity contribution in [2.75, 3.05) is 13.3 Å². The van der Waals surface area contributed by atoms with E-state index in [1.165, 1.54) is 16.7 Å². The Morgan fingerprint density at radius 3 is 1.70 bits per heavy atom. The molecule has 2 aliphatic carbocycles. The van der Waals surface area contributed by atoms with Crippen molar-refractivity contribution in [3.05, 3.63) is 133 Å². The van der Waals surface area contributed by atoms with Crippen LogP contribution >= 0.6 is 7.92 Å². The summed E-state index contributed by atoms with van der Waals surface area (Å²) in [4.78, 5) is 0. The van der Waals surface area contributed by atoms with Gasteiger partial charge in [-0.1, -0.05) is 60.7 Å². The summed E-state index contributed by atoms with van der Waals surface area (Å²) >= 11 is -0.981.